The summed E-state index contributed by atoms with van der Waals surface area (Å²) < 4.78 is 0. The van der Waals surface area contributed by atoms with Crippen LogP contribution in [-0.4, -0.2) is 43.0 Å². The van der Waals surface area contributed by atoms with Crippen LogP contribution in [0.2, 0.25) is 0 Å². The molecule has 25 heavy (non-hydrogen) atoms. The number of anilines is 1. The number of pyridine rings is 1. The number of likely N-dealkylation sites (tertiary alicyclic amines) is 1. The molecule has 3 rings (SSSR count). The quantitative estimate of drug-likeness (QED) is 0.849. The minimum absolute atomic E-state index is 0.0521. The zero-order valence-electron chi connectivity index (χ0n) is 15.6. The Hall–Kier alpha value is -2.36. The van der Waals surface area contributed by atoms with E-state index in [0.717, 1.165) is 48.4 Å². The van der Waals surface area contributed by atoms with Crippen LogP contribution in [0.4, 0.5) is 5.69 Å². The van der Waals surface area contributed by atoms with Crippen molar-refractivity contribution in [2.45, 2.75) is 26.7 Å². The molecule has 0 spiro atoms. The molecule has 1 fully saturated rings. The number of hydrogen-bond acceptors (Lipinski definition) is 3. The summed E-state index contributed by atoms with van der Waals surface area (Å²) >= 11 is 0. The van der Waals surface area contributed by atoms with E-state index < -0.39 is 0 Å². The Balaban J connectivity index is 1.85. The first-order valence-corrected chi connectivity index (χ1v) is 9.00. The van der Waals surface area contributed by atoms with Gasteiger partial charge in [0.25, 0.3) is 5.91 Å². The molecule has 0 saturated carbocycles. The van der Waals surface area contributed by atoms with Gasteiger partial charge < -0.3 is 9.80 Å². The monoisotopic (exact) mass is 337 g/mol. The van der Waals surface area contributed by atoms with Crippen LogP contribution in [0.5, 0.6) is 0 Å². The number of hydrogen-bond donors (Lipinski definition) is 0. The lowest BCUT2D eigenvalue weighted by Crippen LogP contribution is -2.38. The Morgan fingerprint density at radius 2 is 1.88 bits per heavy atom. The Kier molecular flexibility index (Phi) is 5.07. The Morgan fingerprint density at radius 1 is 1.16 bits per heavy atom. The molecule has 132 valence electrons. The number of aromatic nitrogens is 1. The summed E-state index contributed by atoms with van der Waals surface area (Å²) in [5.41, 5.74) is 4.81. The highest BCUT2D eigenvalue weighted by atomic mass is 16.2. The SMILES string of the molecule is Cc1cc(N(C)C)ccc1-c1cccc(C(=O)N2CCC(C)CC2)n1. The van der Waals surface area contributed by atoms with Gasteiger partial charge in [0.15, 0.2) is 0 Å². The van der Waals surface area contributed by atoms with E-state index in [-0.39, 0.29) is 5.91 Å². The third-order valence-electron chi connectivity index (χ3n) is 5.04. The van der Waals surface area contributed by atoms with Crippen molar-refractivity contribution in [2.24, 2.45) is 5.92 Å². The summed E-state index contributed by atoms with van der Waals surface area (Å²) in [7, 11) is 4.07. The molecule has 0 atom stereocenters. The van der Waals surface area contributed by atoms with Gasteiger partial charge in [0.05, 0.1) is 5.69 Å². The summed E-state index contributed by atoms with van der Waals surface area (Å²) in [4.78, 5) is 21.5. The van der Waals surface area contributed by atoms with Gasteiger partial charge in [-0.3, -0.25) is 4.79 Å². The van der Waals surface area contributed by atoms with E-state index in [1.54, 1.807) is 0 Å². The molecule has 0 N–H and O–H groups in total. The predicted molar refractivity (Wildman–Crippen MR) is 103 cm³/mol. The molecular formula is C21H27N3O. The second-order valence-electron chi connectivity index (χ2n) is 7.28. The lowest BCUT2D eigenvalue weighted by Gasteiger charge is -2.30. The van der Waals surface area contributed by atoms with Crippen LogP contribution in [0.3, 0.4) is 0 Å². The van der Waals surface area contributed by atoms with E-state index in [1.807, 2.05) is 37.2 Å². The van der Waals surface area contributed by atoms with Crippen molar-refractivity contribution in [1.29, 1.82) is 0 Å². The van der Waals surface area contributed by atoms with Gasteiger partial charge in [-0.25, -0.2) is 4.98 Å². The van der Waals surface area contributed by atoms with Crippen molar-refractivity contribution in [3.63, 3.8) is 0 Å². The maximum absolute atomic E-state index is 12.8. The van der Waals surface area contributed by atoms with Crippen LogP contribution in [0, 0.1) is 12.8 Å². The van der Waals surface area contributed by atoms with Crippen molar-refractivity contribution >= 4 is 11.6 Å². The zero-order chi connectivity index (χ0) is 18.0. The molecule has 4 nitrogen and oxygen atoms in total. The summed E-state index contributed by atoms with van der Waals surface area (Å²) in [5.74, 6) is 0.762. The zero-order valence-corrected chi connectivity index (χ0v) is 15.6. The van der Waals surface area contributed by atoms with Crippen LogP contribution >= 0.6 is 0 Å². The van der Waals surface area contributed by atoms with Crippen LogP contribution in [-0.2, 0) is 0 Å². The summed E-state index contributed by atoms with van der Waals surface area (Å²) in [6.07, 6.45) is 2.16. The van der Waals surface area contributed by atoms with Gasteiger partial charge in [-0.15, -0.1) is 0 Å². The first-order valence-electron chi connectivity index (χ1n) is 9.00. The topological polar surface area (TPSA) is 36.4 Å². The molecule has 1 aromatic heterocycles. The van der Waals surface area contributed by atoms with E-state index >= 15 is 0 Å². The van der Waals surface area contributed by atoms with Gasteiger partial charge in [-0.05, 0) is 55.5 Å². The van der Waals surface area contributed by atoms with E-state index in [4.69, 9.17) is 0 Å². The molecule has 1 aliphatic rings. The van der Waals surface area contributed by atoms with E-state index in [1.165, 1.54) is 0 Å². The largest absolute Gasteiger partial charge is 0.378 e. The second kappa shape index (κ2) is 7.26. The third kappa shape index (κ3) is 3.84. The molecule has 1 amide bonds. The standard InChI is InChI=1S/C21H27N3O/c1-15-10-12-24(13-11-15)21(25)20-7-5-6-19(22-20)18-9-8-17(23(3)4)14-16(18)2/h5-9,14-15H,10-13H2,1-4H3. The average Bonchev–Trinajstić information content (AvgIpc) is 2.61. The molecule has 1 aliphatic heterocycles. The number of piperidine rings is 1. The number of carbonyl (C=O) groups is 1. The fourth-order valence-electron chi connectivity index (χ4n) is 3.29. The summed E-state index contributed by atoms with van der Waals surface area (Å²) in [6, 6.07) is 12.1. The van der Waals surface area contributed by atoms with Gasteiger partial charge in [-0.1, -0.05) is 19.1 Å². The van der Waals surface area contributed by atoms with E-state index in [9.17, 15) is 4.79 Å². The van der Waals surface area contributed by atoms with Crippen LogP contribution in [0.15, 0.2) is 36.4 Å². The van der Waals surface area contributed by atoms with Gasteiger partial charge in [0, 0.05) is 38.4 Å². The minimum atomic E-state index is 0.0521. The normalized spacial score (nSPS) is 15.3. The Labute approximate surface area is 150 Å². The highest BCUT2D eigenvalue weighted by Crippen LogP contribution is 2.26. The molecule has 2 aromatic rings. The van der Waals surface area contributed by atoms with Crippen molar-refractivity contribution in [1.82, 2.24) is 9.88 Å². The maximum atomic E-state index is 12.8. The lowest BCUT2D eigenvalue weighted by atomic mass is 9.99. The van der Waals surface area contributed by atoms with Gasteiger partial charge in [-0.2, -0.15) is 0 Å². The molecule has 0 radical (unpaired) electrons. The number of carbonyl (C=O) groups excluding carboxylic acids is 1. The number of amides is 1. The molecule has 0 bridgehead atoms. The molecule has 0 unspecified atom stereocenters. The third-order valence-corrected chi connectivity index (χ3v) is 5.04. The molecule has 1 aromatic carbocycles. The fraction of sp³-hybridized carbons (Fsp3) is 0.429. The number of benzene rings is 1. The highest BCUT2D eigenvalue weighted by molar-refractivity contribution is 5.93. The lowest BCUT2D eigenvalue weighted by molar-refractivity contribution is 0.0691. The molecule has 0 aliphatic carbocycles. The molecule has 1 saturated heterocycles. The van der Waals surface area contributed by atoms with E-state index in [2.05, 4.69) is 41.9 Å². The van der Waals surface area contributed by atoms with Crippen LogP contribution < -0.4 is 4.90 Å². The predicted octanol–water partition coefficient (Wildman–Crippen LogP) is 4.00. The maximum Gasteiger partial charge on any atom is 0.272 e. The highest BCUT2D eigenvalue weighted by Gasteiger charge is 2.22. The van der Waals surface area contributed by atoms with Gasteiger partial charge in [0.1, 0.15) is 5.69 Å². The first-order chi connectivity index (χ1) is 12.0. The van der Waals surface area contributed by atoms with Crippen molar-refractivity contribution < 1.29 is 4.79 Å². The minimum Gasteiger partial charge on any atom is -0.378 e. The Bertz CT molecular complexity index is 761. The average molecular weight is 337 g/mol. The van der Waals surface area contributed by atoms with Crippen molar-refractivity contribution in [3.8, 4) is 11.3 Å². The first kappa shape index (κ1) is 17.5. The molecule has 2 heterocycles. The number of rotatable bonds is 3. The van der Waals surface area contributed by atoms with Crippen LogP contribution in [0.25, 0.3) is 11.3 Å². The van der Waals surface area contributed by atoms with Crippen molar-refractivity contribution in [3.05, 3.63) is 47.7 Å². The summed E-state index contributed by atoms with van der Waals surface area (Å²) in [5, 5.41) is 0. The van der Waals surface area contributed by atoms with E-state index in [0.29, 0.717) is 11.6 Å². The second-order valence-corrected chi connectivity index (χ2v) is 7.28. The smallest absolute Gasteiger partial charge is 0.272 e. The van der Waals surface area contributed by atoms with Crippen molar-refractivity contribution in [2.75, 3.05) is 32.1 Å². The number of nitrogens with zero attached hydrogens (tertiary/aromatic N) is 3. The molecule has 4 heteroatoms. The van der Waals surface area contributed by atoms with Gasteiger partial charge in [0.2, 0.25) is 0 Å². The Morgan fingerprint density at radius 3 is 2.52 bits per heavy atom. The number of aryl methyl sites for hydroxylation is 1. The molecular weight excluding hydrogens is 310 g/mol. The fourth-order valence-corrected chi connectivity index (χ4v) is 3.29. The van der Waals surface area contributed by atoms with Gasteiger partial charge >= 0.3 is 0 Å². The summed E-state index contributed by atoms with van der Waals surface area (Å²) in [6.45, 7) is 6.01. The van der Waals surface area contributed by atoms with Crippen LogP contribution in [0.1, 0.15) is 35.8 Å².